The van der Waals surface area contributed by atoms with E-state index in [-0.39, 0.29) is 18.4 Å². The second-order valence-electron chi connectivity index (χ2n) is 5.00. The van der Waals surface area contributed by atoms with Gasteiger partial charge in [-0.15, -0.1) is 0 Å². The van der Waals surface area contributed by atoms with Crippen molar-refractivity contribution < 1.29 is 9.59 Å². The van der Waals surface area contributed by atoms with Crippen LogP contribution < -0.4 is 15.8 Å². The molecule has 0 bridgehead atoms. The Labute approximate surface area is 119 Å². The monoisotopic (exact) mass is 275 g/mol. The standard InChI is InChI=1S/C15H21N3O2/c1-2-6-14(19)16-17-15(20)11-18-10-5-8-12-7-3-4-9-13(12)18/h3-4,7,9H,2,5-6,8,10-11H2,1H3,(H,16,19)(H,17,20). The minimum absolute atomic E-state index is 0.153. The van der Waals surface area contributed by atoms with E-state index in [1.165, 1.54) is 5.56 Å². The van der Waals surface area contributed by atoms with Crippen LogP contribution in [0.2, 0.25) is 0 Å². The lowest BCUT2D eigenvalue weighted by Gasteiger charge is -2.30. The maximum atomic E-state index is 11.9. The third kappa shape index (κ3) is 3.73. The molecule has 0 atom stereocenters. The van der Waals surface area contributed by atoms with Crippen LogP contribution in [-0.4, -0.2) is 24.9 Å². The van der Waals surface area contributed by atoms with Crippen LogP contribution in [0, 0.1) is 0 Å². The third-order valence-electron chi connectivity index (χ3n) is 3.36. The molecule has 1 aliphatic rings. The summed E-state index contributed by atoms with van der Waals surface area (Å²) in [4.78, 5) is 25.2. The van der Waals surface area contributed by atoms with Gasteiger partial charge in [-0.3, -0.25) is 20.4 Å². The first-order chi connectivity index (χ1) is 9.70. The van der Waals surface area contributed by atoms with Crippen LogP contribution in [-0.2, 0) is 16.0 Å². The van der Waals surface area contributed by atoms with Crippen molar-refractivity contribution in [1.82, 2.24) is 10.9 Å². The van der Waals surface area contributed by atoms with E-state index in [9.17, 15) is 9.59 Å². The van der Waals surface area contributed by atoms with Gasteiger partial charge < -0.3 is 4.90 Å². The lowest BCUT2D eigenvalue weighted by atomic mass is 10.0. The van der Waals surface area contributed by atoms with Gasteiger partial charge in [0.25, 0.3) is 5.91 Å². The molecule has 2 rings (SSSR count). The number of benzene rings is 1. The number of nitrogens with zero attached hydrogens (tertiary/aromatic N) is 1. The minimum atomic E-state index is -0.189. The van der Waals surface area contributed by atoms with Crippen molar-refractivity contribution in [1.29, 1.82) is 0 Å². The number of carbonyl (C=O) groups excluding carboxylic acids is 2. The number of hydrazine groups is 1. The molecule has 0 aliphatic carbocycles. The minimum Gasteiger partial charge on any atom is -0.362 e. The summed E-state index contributed by atoms with van der Waals surface area (Å²) < 4.78 is 0. The highest BCUT2D eigenvalue weighted by molar-refractivity contribution is 5.85. The number of carbonyl (C=O) groups is 2. The number of hydrogen-bond donors (Lipinski definition) is 2. The topological polar surface area (TPSA) is 61.4 Å². The quantitative estimate of drug-likeness (QED) is 0.816. The second kappa shape index (κ2) is 6.93. The largest absolute Gasteiger partial charge is 0.362 e. The summed E-state index contributed by atoms with van der Waals surface area (Å²) in [7, 11) is 0. The average Bonchev–Trinajstić information content (AvgIpc) is 2.46. The fourth-order valence-electron chi connectivity index (χ4n) is 2.42. The number of fused-ring (bicyclic) bond motifs is 1. The number of anilines is 1. The first-order valence-corrected chi connectivity index (χ1v) is 7.11. The fourth-order valence-corrected chi connectivity index (χ4v) is 2.42. The van der Waals surface area contributed by atoms with Crippen molar-refractivity contribution in [2.75, 3.05) is 18.0 Å². The van der Waals surface area contributed by atoms with E-state index in [0.29, 0.717) is 6.42 Å². The van der Waals surface area contributed by atoms with Crippen molar-refractivity contribution in [3.8, 4) is 0 Å². The molecule has 0 saturated heterocycles. The Morgan fingerprint density at radius 2 is 1.95 bits per heavy atom. The molecule has 0 radical (unpaired) electrons. The van der Waals surface area contributed by atoms with Gasteiger partial charge in [-0.2, -0.15) is 0 Å². The van der Waals surface area contributed by atoms with Crippen molar-refractivity contribution in [3.63, 3.8) is 0 Å². The Balaban J connectivity index is 1.88. The van der Waals surface area contributed by atoms with Gasteiger partial charge in [0.2, 0.25) is 5.91 Å². The lowest BCUT2D eigenvalue weighted by Crippen LogP contribution is -2.47. The molecule has 1 aromatic carbocycles. The number of hydrogen-bond acceptors (Lipinski definition) is 3. The van der Waals surface area contributed by atoms with E-state index in [1.807, 2.05) is 25.1 Å². The molecule has 108 valence electrons. The van der Waals surface area contributed by atoms with Gasteiger partial charge in [-0.1, -0.05) is 25.1 Å². The van der Waals surface area contributed by atoms with Gasteiger partial charge in [0.15, 0.2) is 0 Å². The molecule has 2 amide bonds. The number of nitrogens with one attached hydrogen (secondary N) is 2. The molecule has 0 saturated carbocycles. The SMILES string of the molecule is CCCC(=O)NNC(=O)CN1CCCc2ccccc21. The van der Waals surface area contributed by atoms with Crippen molar-refractivity contribution in [3.05, 3.63) is 29.8 Å². The molecular formula is C15H21N3O2. The van der Waals surface area contributed by atoms with Crippen LogP contribution in [0.3, 0.4) is 0 Å². The van der Waals surface area contributed by atoms with Crippen molar-refractivity contribution >= 4 is 17.5 Å². The van der Waals surface area contributed by atoms with E-state index in [2.05, 4.69) is 21.8 Å². The molecule has 0 spiro atoms. The molecule has 0 aromatic heterocycles. The predicted octanol–water partition coefficient (Wildman–Crippen LogP) is 1.39. The highest BCUT2D eigenvalue weighted by atomic mass is 16.2. The van der Waals surface area contributed by atoms with Crippen LogP contribution in [0.5, 0.6) is 0 Å². The Bertz CT molecular complexity index is 488. The van der Waals surface area contributed by atoms with Crippen molar-refractivity contribution in [2.45, 2.75) is 32.6 Å². The second-order valence-corrected chi connectivity index (χ2v) is 5.00. The normalized spacial score (nSPS) is 13.6. The van der Waals surface area contributed by atoms with Gasteiger partial charge in [0.1, 0.15) is 0 Å². The Kier molecular flexibility index (Phi) is 4.98. The Morgan fingerprint density at radius 1 is 1.20 bits per heavy atom. The third-order valence-corrected chi connectivity index (χ3v) is 3.36. The van der Waals surface area contributed by atoms with Crippen LogP contribution in [0.4, 0.5) is 5.69 Å². The first kappa shape index (κ1) is 14.4. The summed E-state index contributed by atoms with van der Waals surface area (Å²) in [5, 5.41) is 0. The van der Waals surface area contributed by atoms with Gasteiger partial charge in [-0.25, -0.2) is 0 Å². The van der Waals surface area contributed by atoms with Gasteiger partial charge in [-0.05, 0) is 30.9 Å². The summed E-state index contributed by atoms with van der Waals surface area (Å²) in [6, 6.07) is 8.14. The van der Waals surface area contributed by atoms with E-state index in [0.717, 1.165) is 31.5 Å². The lowest BCUT2D eigenvalue weighted by molar-refractivity contribution is -0.128. The number of amides is 2. The van der Waals surface area contributed by atoms with E-state index < -0.39 is 0 Å². The van der Waals surface area contributed by atoms with Gasteiger partial charge in [0, 0.05) is 18.7 Å². The molecule has 1 aromatic rings. The Hall–Kier alpha value is -2.04. The molecule has 5 heteroatoms. The summed E-state index contributed by atoms with van der Waals surface area (Å²) >= 11 is 0. The summed E-state index contributed by atoms with van der Waals surface area (Å²) in [5.41, 5.74) is 7.30. The average molecular weight is 275 g/mol. The van der Waals surface area contributed by atoms with Crippen LogP contribution >= 0.6 is 0 Å². The van der Waals surface area contributed by atoms with Gasteiger partial charge >= 0.3 is 0 Å². The Morgan fingerprint density at radius 3 is 2.75 bits per heavy atom. The zero-order chi connectivity index (χ0) is 14.4. The molecular weight excluding hydrogens is 254 g/mol. The molecule has 5 nitrogen and oxygen atoms in total. The molecule has 0 unspecified atom stereocenters. The highest BCUT2D eigenvalue weighted by Crippen LogP contribution is 2.25. The maximum Gasteiger partial charge on any atom is 0.257 e. The maximum absolute atomic E-state index is 11.9. The number of rotatable bonds is 4. The number of aryl methyl sites for hydroxylation is 1. The van der Waals surface area contributed by atoms with Crippen LogP contribution in [0.15, 0.2) is 24.3 Å². The van der Waals surface area contributed by atoms with E-state index in [1.54, 1.807) is 0 Å². The number of para-hydroxylation sites is 1. The molecule has 2 N–H and O–H groups in total. The molecule has 1 heterocycles. The van der Waals surface area contributed by atoms with Crippen LogP contribution in [0.1, 0.15) is 31.7 Å². The molecule has 20 heavy (non-hydrogen) atoms. The predicted molar refractivity (Wildman–Crippen MR) is 78.2 cm³/mol. The highest BCUT2D eigenvalue weighted by Gasteiger charge is 2.18. The molecule has 1 aliphatic heterocycles. The summed E-state index contributed by atoms with van der Waals surface area (Å²) in [5.74, 6) is -0.342. The smallest absolute Gasteiger partial charge is 0.257 e. The zero-order valence-corrected chi connectivity index (χ0v) is 11.8. The summed E-state index contributed by atoms with van der Waals surface area (Å²) in [6.45, 7) is 3.06. The van der Waals surface area contributed by atoms with Gasteiger partial charge in [0.05, 0.1) is 6.54 Å². The fraction of sp³-hybridized carbons (Fsp3) is 0.467. The zero-order valence-electron chi connectivity index (χ0n) is 11.8. The first-order valence-electron chi connectivity index (χ1n) is 7.11. The summed E-state index contributed by atoms with van der Waals surface area (Å²) in [6.07, 6.45) is 3.29. The van der Waals surface area contributed by atoms with Crippen molar-refractivity contribution in [2.24, 2.45) is 0 Å². The molecule has 0 fully saturated rings. The van der Waals surface area contributed by atoms with Crippen LogP contribution in [0.25, 0.3) is 0 Å². The van der Waals surface area contributed by atoms with E-state index in [4.69, 9.17) is 0 Å². The van der Waals surface area contributed by atoms with E-state index >= 15 is 0 Å².